The van der Waals surface area contributed by atoms with Crippen LogP contribution in [0.5, 0.6) is 11.5 Å². The number of halogens is 2. The van der Waals surface area contributed by atoms with Crippen LogP contribution in [0.2, 0.25) is 10.0 Å². The van der Waals surface area contributed by atoms with E-state index in [1.807, 2.05) is 19.1 Å². The molecule has 4 nitrogen and oxygen atoms in total. The molecule has 7 heteroatoms. The highest BCUT2D eigenvalue weighted by molar-refractivity contribution is 7.87. The van der Waals surface area contributed by atoms with Gasteiger partial charge in [0.05, 0.1) is 11.6 Å². The summed E-state index contributed by atoms with van der Waals surface area (Å²) in [6.45, 7) is 2.55. The predicted molar refractivity (Wildman–Crippen MR) is 104 cm³/mol. The van der Waals surface area contributed by atoms with Crippen molar-refractivity contribution in [1.29, 1.82) is 0 Å². The van der Waals surface area contributed by atoms with Gasteiger partial charge in [0.25, 0.3) is 0 Å². The summed E-state index contributed by atoms with van der Waals surface area (Å²) in [5, 5.41) is 1.69. The topological polar surface area (TPSA) is 52.6 Å². The maximum Gasteiger partial charge on any atom is 0.339 e. The summed E-state index contributed by atoms with van der Waals surface area (Å²) in [5.41, 5.74) is 0. The first kappa shape index (κ1) is 18.8. The van der Waals surface area contributed by atoms with Crippen LogP contribution in [0.25, 0.3) is 10.8 Å². The van der Waals surface area contributed by atoms with Crippen LogP contribution < -0.4 is 8.92 Å². The second-order valence-electron chi connectivity index (χ2n) is 5.57. The fourth-order valence-corrected chi connectivity index (χ4v) is 4.01. The first-order valence-electron chi connectivity index (χ1n) is 7.96. The van der Waals surface area contributed by atoms with Gasteiger partial charge in [-0.1, -0.05) is 54.4 Å². The van der Waals surface area contributed by atoms with Crippen molar-refractivity contribution in [2.75, 3.05) is 6.61 Å². The van der Waals surface area contributed by atoms with E-state index in [1.165, 1.54) is 18.2 Å². The van der Waals surface area contributed by atoms with Crippen LogP contribution in [0.4, 0.5) is 0 Å². The van der Waals surface area contributed by atoms with Gasteiger partial charge in [0, 0.05) is 21.9 Å². The van der Waals surface area contributed by atoms with Gasteiger partial charge in [-0.3, -0.25) is 0 Å². The van der Waals surface area contributed by atoms with Crippen molar-refractivity contribution in [2.45, 2.75) is 18.2 Å². The van der Waals surface area contributed by atoms with Crippen molar-refractivity contribution >= 4 is 44.1 Å². The molecule has 0 N–H and O–H groups in total. The molecule has 0 atom stereocenters. The first-order valence-corrected chi connectivity index (χ1v) is 10.1. The number of benzene rings is 3. The van der Waals surface area contributed by atoms with Gasteiger partial charge in [-0.25, -0.2) is 0 Å². The molecule has 0 fully saturated rings. The molecule has 0 bridgehead atoms. The van der Waals surface area contributed by atoms with Crippen molar-refractivity contribution in [2.24, 2.45) is 0 Å². The largest absolute Gasteiger partial charge is 0.493 e. The summed E-state index contributed by atoms with van der Waals surface area (Å²) < 4.78 is 36.6. The minimum absolute atomic E-state index is 0.0189. The SMILES string of the molecule is CCCOc1ccc(S(=O)(=O)Oc2cc(Cl)ccc2Cl)c2ccccc12. The highest BCUT2D eigenvalue weighted by Crippen LogP contribution is 2.35. The lowest BCUT2D eigenvalue weighted by molar-refractivity contribution is 0.321. The third-order valence-electron chi connectivity index (χ3n) is 3.67. The Morgan fingerprint density at radius 1 is 0.923 bits per heavy atom. The zero-order valence-corrected chi connectivity index (χ0v) is 16.2. The van der Waals surface area contributed by atoms with Crippen LogP contribution in [-0.4, -0.2) is 15.0 Å². The molecule has 0 spiro atoms. The molecule has 0 heterocycles. The van der Waals surface area contributed by atoms with Crippen molar-refractivity contribution < 1.29 is 17.3 Å². The van der Waals surface area contributed by atoms with Crippen LogP contribution in [-0.2, 0) is 10.1 Å². The summed E-state index contributed by atoms with van der Waals surface area (Å²) in [4.78, 5) is 0.0352. The molecule has 0 radical (unpaired) electrons. The average Bonchev–Trinajstić information content (AvgIpc) is 2.62. The van der Waals surface area contributed by atoms with E-state index in [4.69, 9.17) is 32.1 Å². The van der Waals surface area contributed by atoms with Gasteiger partial charge in [0.15, 0.2) is 5.75 Å². The number of ether oxygens (including phenoxy) is 1. The monoisotopic (exact) mass is 410 g/mol. The first-order chi connectivity index (χ1) is 12.4. The van der Waals surface area contributed by atoms with Gasteiger partial charge in [0.2, 0.25) is 0 Å². The Hall–Kier alpha value is -1.95. The second kappa shape index (κ2) is 7.74. The van der Waals surface area contributed by atoms with Gasteiger partial charge in [0.1, 0.15) is 10.6 Å². The third kappa shape index (κ3) is 3.90. The highest BCUT2D eigenvalue weighted by atomic mass is 35.5. The number of hydrogen-bond donors (Lipinski definition) is 0. The molecule has 0 amide bonds. The van der Waals surface area contributed by atoms with Crippen LogP contribution in [0.3, 0.4) is 0 Å². The van der Waals surface area contributed by atoms with E-state index in [0.717, 1.165) is 6.42 Å². The van der Waals surface area contributed by atoms with Crippen LogP contribution in [0, 0.1) is 0 Å². The molecular weight excluding hydrogens is 395 g/mol. The maximum atomic E-state index is 12.8. The third-order valence-corrected chi connectivity index (χ3v) is 5.51. The zero-order chi connectivity index (χ0) is 18.7. The van der Waals surface area contributed by atoms with Crippen molar-refractivity contribution in [1.82, 2.24) is 0 Å². The van der Waals surface area contributed by atoms with Crippen molar-refractivity contribution in [3.05, 3.63) is 64.6 Å². The molecule has 3 aromatic carbocycles. The predicted octanol–water partition coefficient (Wildman–Crippen LogP) is 5.70. The van der Waals surface area contributed by atoms with Crippen molar-refractivity contribution in [3.8, 4) is 11.5 Å². The van der Waals surface area contributed by atoms with E-state index in [9.17, 15) is 8.42 Å². The Kier molecular flexibility index (Phi) is 5.61. The standard InChI is InChI=1S/C19H16Cl2O4S/c1-2-11-24-17-9-10-19(15-6-4-3-5-14(15)17)26(22,23)25-18-12-13(20)7-8-16(18)21/h3-10,12H,2,11H2,1H3. The van der Waals surface area contributed by atoms with Crippen LogP contribution in [0.15, 0.2) is 59.5 Å². The molecule has 3 aromatic rings. The molecule has 0 unspecified atom stereocenters. The lowest BCUT2D eigenvalue weighted by atomic mass is 10.1. The van der Waals surface area contributed by atoms with E-state index in [-0.39, 0.29) is 15.7 Å². The van der Waals surface area contributed by atoms with Crippen molar-refractivity contribution in [3.63, 3.8) is 0 Å². The van der Waals surface area contributed by atoms with E-state index in [1.54, 1.807) is 24.3 Å². The van der Waals surface area contributed by atoms with Gasteiger partial charge in [-0.2, -0.15) is 8.42 Å². The molecule has 0 aliphatic heterocycles. The van der Waals surface area contributed by atoms with E-state index >= 15 is 0 Å². The summed E-state index contributed by atoms with van der Waals surface area (Å²) in [5.74, 6) is 0.608. The zero-order valence-electron chi connectivity index (χ0n) is 13.9. The highest BCUT2D eigenvalue weighted by Gasteiger charge is 2.22. The molecule has 0 saturated carbocycles. The molecule has 26 heavy (non-hydrogen) atoms. The second-order valence-corrected chi connectivity index (χ2v) is 7.93. The minimum atomic E-state index is -4.12. The molecular formula is C19H16Cl2O4S. The van der Waals surface area contributed by atoms with Crippen LogP contribution in [0.1, 0.15) is 13.3 Å². The van der Waals surface area contributed by atoms with Gasteiger partial charge >= 0.3 is 10.1 Å². The fourth-order valence-electron chi connectivity index (χ4n) is 2.50. The summed E-state index contributed by atoms with van der Waals surface area (Å²) in [6, 6.07) is 14.6. The summed E-state index contributed by atoms with van der Waals surface area (Å²) in [6.07, 6.45) is 0.852. The molecule has 0 aromatic heterocycles. The Balaban J connectivity index is 2.08. The Morgan fingerprint density at radius 3 is 2.38 bits per heavy atom. The molecule has 0 saturated heterocycles. The Labute approximate surface area is 162 Å². The van der Waals surface area contributed by atoms with Crippen LogP contribution >= 0.6 is 23.2 Å². The number of hydrogen-bond acceptors (Lipinski definition) is 4. The molecule has 0 aliphatic rings. The normalized spacial score (nSPS) is 11.5. The molecule has 0 aliphatic carbocycles. The number of rotatable bonds is 6. The fraction of sp³-hybridized carbons (Fsp3) is 0.158. The van der Waals surface area contributed by atoms with Gasteiger partial charge in [-0.15, -0.1) is 0 Å². The molecule has 3 rings (SSSR count). The van der Waals surface area contributed by atoms with E-state index in [2.05, 4.69) is 0 Å². The Morgan fingerprint density at radius 2 is 1.65 bits per heavy atom. The van der Waals surface area contributed by atoms with E-state index < -0.39 is 10.1 Å². The van der Waals surface area contributed by atoms with Gasteiger partial charge in [-0.05, 0) is 30.7 Å². The Bertz CT molecular complexity index is 1050. The lowest BCUT2D eigenvalue weighted by Gasteiger charge is -2.13. The smallest absolute Gasteiger partial charge is 0.339 e. The van der Waals surface area contributed by atoms with E-state index in [0.29, 0.717) is 28.2 Å². The minimum Gasteiger partial charge on any atom is -0.493 e. The molecule has 136 valence electrons. The quantitative estimate of drug-likeness (QED) is 0.488. The maximum absolute atomic E-state index is 12.8. The number of fused-ring (bicyclic) bond motifs is 1. The summed E-state index contributed by atoms with van der Waals surface area (Å²) >= 11 is 11.9. The summed E-state index contributed by atoms with van der Waals surface area (Å²) in [7, 11) is -4.12. The van der Waals surface area contributed by atoms with Gasteiger partial charge < -0.3 is 8.92 Å². The average molecular weight is 411 g/mol. The lowest BCUT2D eigenvalue weighted by Crippen LogP contribution is -2.11.